The maximum atomic E-state index is 11.9. The van der Waals surface area contributed by atoms with E-state index in [1.807, 2.05) is 0 Å². The molecule has 0 saturated carbocycles. The number of non-ortho nitro benzene ring substituents is 1. The number of urea groups is 1. The number of nitrogens with zero attached hydrogens (tertiary/aromatic N) is 1. The van der Waals surface area contributed by atoms with Crippen LogP contribution in [0.5, 0.6) is 11.5 Å². The van der Waals surface area contributed by atoms with Crippen molar-refractivity contribution in [2.24, 2.45) is 0 Å². The third-order valence-corrected chi connectivity index (χ3v) is 2.79. The van der Waals surface area contributed by atoms with E-state index in [9.17, 15) is 20.0 Å². The van der Waals surface area contributed by atoms with Crippen molar-refractivity contribution < 1.29 is 19.6 Å². The number of phenolic OH excluding ortho intramolecular Hbond substituents is 1. The smallest absolute Gasteiger partial charge is 0.323 e. The Kier molecular flexibility index (Phi) is 4.42. The van der Waals surface area contributed by atoms with Crippen molar-refractivity contribution in [2.75, 3.05) is 17.7 Å². The quantitative estimate of drug-likeness (QED) is 0.456. The van der Waals surface area contributed by atoms with Gasteiger partial charge in [0.25, 0.3) is 5.69 Å². The molecule has 0 aliphatic carbocycles. The number of methoxy groups -OCH3 is 1. The maximum Gasteiger partial charge on any atom is 0.323 e. The van der Waals surface area contributed by atoms with Crippen molar-refractivity contribution in [3.05, 3.63) is 52.6 Å². The van der Waals surface area contributed by atoms with Gasteiger partial charge >= 0.3 is 6.03 Å². The van der Waals surface area contributed by atoms with E-state index in [4.69, 9.17) is 4.74 Å². The zero-order chi connectivity index (χ0) is 16.1. The number of nitrogens with one attached hydrogen (secondary N) is 2. The largest absolute Gasteiger partial charge is 0.506 e. The molecule has 8 heteroatoms. The van der Waals surface area contributed by atoms with E-state index in [0.717, 1.165) is 18.2 Å². The van der Waals surface area contributed by atoms with E-state index < -0.39 is 11.0 Å². The number of aromatic hydroxyl groups is 1. The highest BCUT2D eigenvalue weighted by atomic mass is 16.6. The molecule has 0 radical (unpaired) electrons. The summed E-state index contributed by atoms with van der Waals surface area (Å²) in [4.78, 5) is 22.0. The van der Waals surface area contributed by atoms with Crippen LogP contribution in [0.2, 0.25) is 0 Å². The molecule has 0 unspecified atom stereocenters. The van der Waals surface area contributed by atoms with E-state index in [1.54, 1.807) is 24.3 Å². The second-order valence-electron chi connectivity index (χ2n) is 4.24. The summed E-state index contributed by atoms with van der Waals surface area (Å²) in [5.74, 6) is 0.182. The Morgan fingerprint density at radius 2 is 1.86 bits per heavy atom. The van der Waals surface area contributed by atoms with Gasteiger partial charge in [-0.05, 0) is 18.2 Å². The van der Waals surface area contributed by atoms with Gasteiger partial charge < -0.3 is 20.5 Å². The minimum atomic E-state index is -0.666. The topological polar surface area (TPSA) is 114 Å². The fourth-order valence-corrected chi connectivity index (χ4v) is 1.76. The van der Waals surface area contributed by atoms with Crippen LogP contribution in [0.4, 0.5) is 21.9 Å². The molecule has 0 aromatic heterocycles. The maximum absolute atomic E-state index is 11.9. The minimum absolute atomic E-state index is 0.0680. The molecule has 0 heterocycles. The predicted octanol–water partition coefficient (Wildman–Crippen LogP) is 2.95. The monoisotopic (exact) mass is 303 g/mol. The highest BCUT2D eigenvalue weighted by Gasteiger charge is 2.13. The van der Waals surface area contributed by atoms with E-state index in [2.05, 4.69) is 10.6 Å². The van der Waals surface area contributed by atoms with Gasteiger partial charge in [-0.2, -0.15) is 0 Å². The van der Waals surface area contributed by atoms with Crippen LogP contribution in [0.3, 0.4) is 0 Å². The molecule has 0 fully saturated rings. The minimum Gasteiger partial charge on any atom is -0.506 e. The number of hydrogen-bond donors (Lipinski definition) is 3. The standard InChI is InChI=1S/C14H13N3O5/c1-22-13-5-3-2-4-10(13)15-14(19)16-11-8-9(17(20)21)6-7-12(11)18/h2-8,18H,1H3,(H2,15,16,19). The summed E-state index contributed by atoms with van der Waals surface area (Å²) in [6.45, 7) is 0. The zero-order valence-corrected chi connectivity index (χ0v) is 11.6. The first-order chi connectivity index (χ1) is 10.5. The van der Waals surface area contributed by atoms with Gasteiger partial charge in [0.15, 0.2) is 0 Å². The molecule has 0 bridgehead atoms. The number of benzene rings is 2. The van der Waals surface area contributed by atoms with Crippen molar-refractivity contribution in [2.45, 2.75) is 0 Å². The van der Waals surface area contributed by atoms with Crippen LogP contribution in [0, 0.1) is 10.1 Å². The van der Waals surface area contributed by atoms with Crippen molar-refractivity contribution >= 4 is 23.1 Å². The number of nitro benzene ring substituents is 1. The Labute approximate surface area is 125 Å². The van der Waals surface area contributed by atoms with Gasteiger partial charge in [0.05, 0.1) is 23.4 Å². The number of anilines is 2. The second kappa shape index (κ2) is 6.44. The average molecular weight is 303 g/mol. The summed E-state index contributed by atoms with van der Waals surface area (Å²) in [5.41, 5.74) is 0.111. The lowest BCUT2D eigenvalue weighted by molar-refractivity contribution is -0.384. The van der Waals surface area contributed by atoms with Crippen LogP contribution < -0.4 is 15.4 Å². The molecule has 2 amide bonds. The van der Waals surface area contributed by atoms with Crippen LogP contribution in [-0.4, -0.2) is 23.2 Å². The molecule has 0 atom stereocenters. The summed E-state index contributed by atoms with van der Waals surface area (Å²) < 4.78 is 5.09. The SMILES string of the molecule is COc1ccccc1NC(=O)Nc1cc([N+](=O)[O-])ccc1O. The average Bonchev–Trinajstić information content (AvgIpc) is 2.49. The summed E-state index contributed by atoms with van der Waals surface area (Å²) in [7, 11) is 1.46. The molecule has 114 valence electrons. The number of hydrogen-bond acceptors (Lipinski definition) is 5. The van der Waals surface area contributed by atoms with Crippen LogP contribution in [0.15, 0.2) is 42.5 Å². The van der Waals surface area contributed by atoms with Gasteiger partial charge in [-0.1, -0.05) is 12.1 Å². The molecular weight excluding hydrogens is 290 g/mol. The summed E-state index contributed by atoms with van der Waals surface area (Å²) in [5, 5.41) is 25.2. The first kappa shape index (κ1) is 15.1. The van der Waals surface area contributed by atoms with Gasteiger partial charge in [0, 0.05) is 12.1 Å². The van der Waals surface area contributed by atoms with Crippen molar-refractivity contribution in [1.29, 1.82) is 0 Å². The Hall–Kier alpha value is -3.29. The van der Waals surface area contributed by atoms with E-state index in [1.165, 1.54) is 7.11 Å². The molecule has 0 aliphatic heterocycles. The molecule has 8 nitrogen and oxygen atoms in total. The molecule has 22 heavy (non-hydrogen) atoms. The van der Waals surface area contributed by atoms with Crippen LogP contribution >= 0.6 is 0 Å². The molecule has 0 spiro atoms. The van der Waals surface area contributed by atoms with E-state index in [-0.39, 0.29) is 17.1 Å². The molecular formula is C14H13N3O5. The third-order valence-electron chi connectivity index (χ3n) is 2.79. The molecule has 3 N–H and O–H groups in total. The van der Waals surface area contributed by atoms with E-state index >= 15 is 0 Å². The van der Waals surface area contributed by atoms with Gasteiger partial charge in [-0.15, -0.1) is 0 Å². The lowest BCUT2D eigenvalue weighted by Crippen LogP contribution is -2.19. The Morgan fingerprint density at radius 1 is 1.18 bits per heavy atom. The van der Waals surface area contributed by atoms with Gasteiger partial charge in [0.1, 0.15) is 11.5 Å². The summed E-state index contributed by atoms with van der Waals surface area (Å²) >= 11 is 0. The fourth-order valence-electron chi connectivity index (χ4n) is 1.76. The lowest BCUT2D eigenvalue weighted by atomic mass is 10.2. The number of amides is 2. The number of rotatable bonds is 4. The van der Waals surface area contributed by atoms with Gasteiger partial charge in [-0.3, -0.25) is 10.1 Å². The molecule has 0 saturated heterocycles. The number of para-hydroxylation sites is 2. The van der Waals surface area contributed by atoms with Crippen LogP contribution in [0.25, 0.3) is 0 Å². The Bertz CT molecular complexity index is 717. The number of phenols is 1. The molecule has 2 aromatic carbocycles. The first-order valence-electron chi connectivity index (χ1n) is 6.19. The van der Waals surface area contributed by atoms with Gasteiger partial charge in [-0.25, -0.2) is 4.79 Å². The number of carbonyl (C=O) groups excluding carboxylic acids is 1. The Morgan fingerprint density at radius 3 is 2.55 bits per heavy atom. The predicted molar refractivity (Wildman–Crippen MR) is 80.4 cm³/mol. The van der Waals surface area contributed by atoms with Crippen molar-refractivity contribution in [1.82, 2.24) is 0 Å². The number of nitro groups is 1. The molecule has 2 aromatic rings. The summed E-state index contributed by atoms with van der Waals surface area (Å²) in [6, 6.07) is 9.43. The van der Waals surface area contributed by atoms with Gasteiger partial charge in [0.2, 0.25) is 0 Å². The van der Waals surface area contributed by atoms with Crippen LogP contribution in [0.1, 0.15) is 0 Å². The number of carbonyl (C=O) groups is 1. The zero-order valence-electron chi connectivity index (χ0n) is 11.6. The second-order valence-corrected chi connectivity index (χ2v) is 4.24. The summed E-state index contributed by atoms with van der Waals surface area (Å²) in [6.07, 6.45) is 0. The third kappa shape index (κ3) is 3.42. The van der Waals surface area contributed by atoms with Crippen molar-refractivity contribution in [3.63, 3.8) is 0 Å². The normalized spacial score (nSPS) is 9.86. The number of ether oxygens (including phenoxy) is 1. The fraction of sp³-hybridized carbons (Fsp3) is 0.0714. The van der Waals surface area contributed by atoms with E-state index in [0.29, 0.717) is 11.4 Å². The first-order valence-corrected chi connectivity index (χ1v) is 6.19. The highest BCUT2D eigenvalue weighted by molar-refractivity contribution is 6.01. The highest BCUT2D eigenvalue weighted by Crippen LogP contribution is 2.28. The molecule has 2 rings (SSSR count). The Balaban J connectivity index is 2.15. The lowest BCUT2D eigenvalue weighted by Gasteiger charge is -2.11. The molecule has 0 aliphatic rings. The van der Waals surface area contributed by atoms with Crippen molar-refractivity contribution in [3.8, 4) is 11.5 Å². The van der Waals surface area contributed by atoms with Crippen LogP contribution in [-0.2, 0) is 0 Å².